The van der Waals surface area contributed by atoms with Gasteiger partial charge in [0.05, 0.1) is 12.2 Å². The van der Waals surface area contributed by atoms with E-state index >= 15 is 0 Å². The predicted octanol–water partition coefficient (Wildman–Crippen LogP) is 3.72. The number of esters is 1. The zero-order valence-electron chi connectivity index (χ0n) is 11.5. The second kappa shape index (κ2) is 7.38. The van der Waals surface area contributed by atoms with Gasteiger partial charge >= 0.3 is 5.97 Å². The number of ether oxygens (including phenoxy) is 1. The summed E-state index contributed by atoms with van der Waals surface area (Å²) in [7, 11) is 0. The maximum atomic E-state index is 13.8. The van der Waals surface area contributed by atoms with Crippen LogP contribution in [-0.4, -0.2) is 18.3 Å². The summed E-state index contributed by atoms with van der Waals surface area (Å²) in [5.74, 6) is 0.400. The van der Waals surface area contributed by atoms with Gasteiger partial charge in [-0.3, -0.25) is 0 Å². The summed E-state index contributed by atoms with van der Waals surface area (Å²) in [5, 5.41) is 0. The average molecular weight is 285 g/mol. The second-order valence-corrected chi connectivity index (χ2v) is 5.48. The predicted molar refractivity (Wildman–Crippen MR) is 76.9 cm³/mol. The Balaban J connectivity index is 2.93. The monoisotopic (exact) mass is 285 g/mol. The fourth-order valence-corrected chi connectivity index (χ4v) is 2.51. The van der Waals surface area contributed by atoms with E-state index in [4.69, 9.17) is 10.5 Å². The van der Waals surface area contributed by atoms with Crippen molar-refractivity contribution in [2.75, 3.05) is 18.1 Å². The molecule has 2 N–H and O–H groups in total. The fraction of sp³-hybridized carbons (Fsp3) is 0.500. The minimum absolute atomic E-state index is 0.115. The number of hydrogen-bond acceptors (Lipinski definition) is 4. The molecule has 0 spiro atoms. The van der Waals surface area contributed by atoms with Gasteiger partial charge in [0.1, 0.15) is 5.82 Å². The fourth-order valence-electron chi connectivity index (χ4n) is 1.41. The summed E-state index contributed by atoms with van der Waals surface area (Å²) in [6.07, 6.45) is 1.04. The highest BCUT2D eigenvalue weighted by Crippen LogP contribution is 2.29. The van der Waals surface area contributed by atoms with Crippen molar-refractivity contribution >= 4 is 23.4 Å². The number of benzene rings is 1. The molecule has 1 rings (SSSR count). The molecule has 0 saturated heterocycles. The van der Waals surface area contributed by atoms with Crippen molar-refractivity contribution in [3.8, 4) is 0 Å². The van der Waals surface area contributed by atoms with Gasteiger partial charge in [-0.2, -0.15) is 0 Å². The van der Waals surface area contributed by atoms with E-state index in [1.54, 1.807) is 6.92 Å². The standard InChI is InChI=1S/C14H20FNO2S/c1-4-9(3)8-19-13-6-10(14(17)18-5-2)12(16)7-11(13)15/h6-7,9H,4-5,8,16H2,1-3H3. The Hall–Kier alpha value is -1.23. The normalized spacial score (nSPS) is 12.2. The number of rotatable bonds is 6. The van der Waals surface area contributed by atoms with Crippen LogP contribution in [0.25, 0.3) is 0 Å². The molecule has 1 aromatic carbocycles. The van der Waals surface area contributed by atoms with Crippen molar-refractivity contribution in [3.05, 3.63) is 23.5 Å². The van der Waals surface area contributed by atoms with Crippen molar-refractivity contribution in [3.63, 3.8) is 0 Å². The highest BCUT2D eigenvalue weighted by atomic mass is 32.2. The third kappa shape index (κ3) is 4.42. The zero-order valence-corrected chi connectivity index (χ0v) is 12.3. The van der Waals surface area contributed by atoms with E-state index in [0.717, 1.165) is 12.2 Å². The van der Waals surface area contributed by atoms with E-state index in [2.05, 4.69) is 13.8 Å². The van der Waals surface area contributed by atoms with Gasteiger partial charge in [-0.15, -0.1) is 11.8 Å². The lowest BCUT2D eigenvalue weighted by Crippen LogP contribution is -2.09. The quantitative estimate of drug-likeness (QED) is 0.491. The third-order valence-corrected chi connectivity index (χ3v) is 4.18. The van der Waals surface area contributed by atoms with Crippen LogP contribution in [0.2, 0.25) is 0 Å². The molecule has 0 bridgehead atoms. The maximum absolute atomic E-state index is 13.8. The lowest BCUT2D eigenvalue weighted by molar-refractivity contribution is 0.0527. The summed E-state index contributed by atoms with van der Waals surface area (Å²) in [6.45, 7) is 6.18. The Labute approximate surface area is 117 Å². The Morgan fingerprint density at radius 2 is 2.16 bits per heavy atom. The highest BCUT2D eigenvalue weighted by molar-refractivity contribution is 7.99. The van der Waals surface area contributed by atoms with Gasteiger partial charge < -0.3 is 10.5 Å². The van der Waals surface area contributed by atoms with Gasteiger partial charge in [-0.25, -0.2) is 9.18 Å². The lowest BCUT2D eigenvalue weighted by Gasteiger charge is -2.11. The van der Waals surface area contributed by atoms with Gasteiger partial charge in [0.2, 0.25) is 0 Å². The topological polar surface area (TPSA) is 52.3 Å². The molecule has 1 unspecified atom stereocenters. The first-order valence-electron chi connectivity index (χ1n) is 6.38. The Kier molecular flexibility index (Phi) is 6.15. The number of hydrogen-bond donors (Lipinski definition) is 1. The van der Waals surface area contributed by atoms with Crippen LogP contribution in [0.4, 0.5) is 10.1 Å². The molecule has 0 saturated carbocycles. The summed E-state index contributed by atoms with van der Waals surface area (Å²) >= 11 is 1.40. The lowest BCUT2D eigenvalue weighted by atomic mass is 10.2. The van der Waals surface area contributed by atoms with E-state index in [0.29, 0.717) is 10.8 Å². The van der Waals surface area contributed by atoms with E-state index in [-0.39, 0.29) is 23.7 Å². The van der Waals surface area contributed by atoms with E-state index < -0.39 is 5.97 Å². The molecule has 0 heterocycles. The van der Waals surface area contributed by atoms with Crippen LogP contribution in [0.15, 0.2) is 17.0 Å². The second-order valence-electron chi connectivity index (χ2n) is 4.41. The largest absolute Gasteiger partial charge is 0.462 e. The van der Waals surface area contributed by atoms with Gasteiger partial charge in [-0.05, 0) is 25.0 Å². The number of anilines is 1. The van der Waals surface area contributed by atoms with E-state index in [1.807, 2.05) is 0 Å². The number of thioether (sulfide) groups is 1. The Morgan fingerprint density at radius 3 is 2.74 bits per heavy atom. The third-order valence-electron chi connectivity index (χ3n) is 2.82. The van der Waals surface area contributed by atoms with Gasteiger partial charge in [0, 0.05) is 16.3 Å². The SMILES string of the molecule is CCOC(=O)c1cc(SCC(C)CC)c(F)cc1N. The Bertz CT molecular complexity index is 451. The average Bonchev–Trinajstić information content (AvgIpc) is 2.37. The first-order chi connectivity index (χ1) is 8.99. The van der Waals surface area contributed by atoms with Crippen molar-refractivity contribution < 1.29 is 13.9 Å². The molecule has 0 aliphatic carbocycles. The molecule has 0 aromatic heterocycles. The van der Waals surface area contributed by atoms with Gasteiger partial charge in [-0.1, -0.05) is 20.3 Å². The number of nitrogens with two attached hydrogens (primary N) is 1. The van der Waals surface area contributed by atoms with Crippen molar-refractivity contribution in [1.29, 1.82) is 0 Å². The first kappa shape index (κ1) is 15.8. The zero-order chi connectivity index (χ0) is 14.4. The molecule has 0 fully saturated rings. The van der Waals surface area contributed by atoms with Gasteiger partial charge in [0.25, 0.3) is 0 Å². The van der Waals surface area contributed by atoms with Crippen LogP contribution in [0.3, 0.4) is 0 Å². The molecule has 0 aliphatic heterocycles. The first-order valence-corrected chi connectivity index (χ1v) is 7.37. The molecular weight excluding hydrogens is 265 g/mol. The van der Waals surface area contributed by atoms with E-state index in [9.17, 15) is 9.18 Å². The van der Waals surface area contributed by atoms with Crippen LogP contribution in [0, 0.1) is 11.7 Å². The summed E-state index contributed by atoms with van der Waals surface area (Å²) in [4.78, 5) is 12.1. The Morgan fingerprint density at radius 1 is 1.47 bits per heavy atom. The van der Waals surface area contributed by atoms with Gasteiger partial charge in [0.15, 0.2) is 0 Å². The summed E-state index contributed by atoms with van der Waals surface area (Å²) < 4.78 is 18.7. The molecule has 0 amide bonds. The van der Waals surface area contributed by atoms with Crippen LogP contribution in [0.5, 0.6) is 0 Å². The molecule has 3 nitrogen and oxygen atoms in total. The molecule has 0 radical (unpaired) electrons. The summed E-state index contributed by atoms with van der Waals surface area (Å²) in [6, 6.07) is 2.67. The van der Waals surface area contributed by atoms with Crippen molar-refractivity contribution in [2.24, 2.45) is 5.92 Å². The number of carbonyl (C=O) groups excluding carboxylic acids is 1. The van der Waals surface area contributed by atoms with Crippen LogP contribution in [-0.2, 0) is 4.74 Å². The maximum Gasteiger partial charge on any atom is 0.340 e. The minimum atomic E-state index is -0.509. The summed E-state index contributed by atoms with van der Waals surface area (Å²) in [5.41, 5.74) is 6.00. The number of carbonyl (C=O) groups is 1. The van der Waals surface area contributed by atoms with Crippen molar-refractivity contribution in [1.82, 2.24) is 0 Å². The smallest absolute Gasteiger partial charge is 0.340 e. The molecule has 19 heavy (non-hydrogen) atoms. The molecule has 0 aliphatic rings. The molecule has 5 heteroatoms. The molecule has 1 aromatic rings. The van der Waals surface area contributed by atoms with Crippen LogP contribution < -0.4 is 5.73 Å². The number of halogens is 1. The van der Waals surface area contributed by atoms with E-state index in [1.165, 1.54) is 23.9 Å². The van der Waals surface area contributed by atoms with Crippen LogP contribution in [0.1, 0.15) is 37.6 Å². The number of nitrogen functional groups attached to an aromatic ring is 1. The molecule has 106 valence electrons. The highest BCUT2D eigenvalue weighted by Gasteiger charge is 2.16. The molecular formula is C14H20FNO2S. The van der Waals surface area contributed by atoms with Crippen molar-refractivity contribution in [2.45, 2.75) is 32.1 Å². The van der Waals surface area contributed by atoms with Crippen LogP contribution >= 0.6 is 11.8 Å². The molecule has 1 atom stereocenters. The minimum Gasteiger partial charge on any atom is -0.462 e.